The predicted octanol–water partition coefficient (Wildman–Crippen LogP) is 4.55. The van der Waals surface area contributed by atoms with Crippen molar-refractivity contribution in [2.45, 2.75) is 6.92 Å². The Morgan fingerprint density at radius 1 is 1.04 bits per heavy atom. The molecule has 0 atom stereocenters. The second kappa shape index (κ2) is 7.30. The largest absolute Gasteiger partial charge is 0.481 e. The average Bonchev–Trinajstić information content (AvgIpc) is 2.62. The number of likely N-dealkylation sites (N-methyl/N-ethyl adjacent to an activating group) is 1. The zero-order chi connectivity index (χ0) is 17.8. The second-order valence-electron chi connectivity index (χ2n) is 5.50. The summed E-state index contributed by atoms with van der Waals surface area (Å²) in [6.45, 7) is 1.97. The van der Waals surface area contributed by atoms with Crippen molar-refractivity contribution in [2.24, 2.45) is 0 Å². The molecule has 0 N–H and O–H groups in total. The molecule has 0 saturated heterocycles. The van der Waals surface area contributed by atoms with Gasteiger partial charge in [0.2, 0.25) is 0 Å². The minimum absolute atomic E-state index is 0.149. The van der Waals surface area contributed by atoms with Gasteiger partial charge in [0.25, 0.3) is 5.91 Å². The van der Waals surface area contributed by atoms with Gasteiger partial charge in [-0.2, -0.15) is 0 Å². The lowest BCUT2D eigenvalue weighted by Crippen LogP contribution is -2.35. The maximum atomic E-state index is 13.6. The molecule has 3 rings (SSSR count). The van der Waals surface area contributed by atoms with E-state index in [-0.39, 0.29) is 18.3 Å². The summed E-state index contributed by atoms with van der Waals surface area (Å²) in [5.74, 6) is -1.98. The number of carbonyl (C=O) groups excluding carboxylic acids is 1. The van der Waals surface area contributed by atoms with E-state index in [2.05, 4.69) is 0 Å². The van der Waals surface area contributed by atoms with Crippen LogP contribution in [0.25, 0.3) is 10.8 Å². The van der Waals surface area contributed by atoms with Crippen molar-refractivity contribution in [1.82, 2.24) is 0 Å². The van der Waals surface area contributed by atoms with Crippen LogP contribution in [0, 0.1) is 11.6 Å². The molecule has 0 heterocycles. The first-order chi connectivity index (χ1) is 12.1. The van der Waals surface area contributed by atoms with Crippen molar-refractivity contribution in [1.29, 1.82) is 0 Å². The van der Waals surface area contributed by atoms with Crippen LogP contribution in [0.15, 0.2) is 60.7 Å². The number of amides is 1. The zero-order valence-corrected chi connectivity index (χ0v) is 13.7. The first-order valence-electron chi connectivity index (χ1n) is 7.96. The van der Waals surface area contributed by atoms with Crippen molar-refractivity contribution < 1.29 is 18.3 Å². The Kier molecular flexibility index (Phi) is 4.93. The van der Waals surface area contributed by atoms with Crippen LogP contribution in [0.2, 0.25) is 0 Å². The van der Waals surface area contributed by atoms with Crippen LogP contribution in [0.5, 0.6) is 5.75 Å². The molecule has 0 spiro atoms. The van der Waals surface area contributed by atoms with E-state index >= 15 is 0 Å². The maximum Gasteiger partial charge on any atom is 0.264 e. The maximum absolute atomic E-state index is 13.6. The van der Waals surface area contributed by atoms with Crippen LogP contribution in [0.3, 0.4) is 0 Å². The highest BCUT2D eigenvalue weighted by molar-refractivity contribution is 6.04. The van der Waals surface area contributed by atoms with Crippen molar-refractivity contribution in [3.8, 4) is 5.75 Å². The molecule has 1 amide bonds. The highest BCUT2D eigenvalue weighted by atomic mass is 19.1. The molecule has 3 nitrogen and oxygen atoms in total. The SMILES string of the molecule is CCN(C(=O)COc1ccc(F)cc1F)c1cccc2ccccc12. The lowest BCUT2D eigenvalue weighted by molar-refractivity contribution is -0.120. The van der Waals surface area contributed by atoms with Crippen molar-refractivity contribution >= 4 is 22.4 Å². The van der Waals surface area contributed by atoms with Crippen LogP contribution in [0.1, 0.15) is 6.92 Å². The molecule has 0 aromatic heterocycles. The lowest BCUT2D eigenvalue weighted by atomic mass is 10.1. The molecule has 3 aromatic rings. The van der Waals surface area contributed by atoms with Crippen LogP contribution < -0.4 is 9.64 Å². The standard InChI is InChI=1S/C20H17F2NO2/c1-2-23(18-9-5-7-14-6-3-4-8-16(14)18)20(24)13-25-19-11-10-15(21)12-17(19)22/h3-12H,2,13H2,1H3. The number of benzene rings is 3. The Balaban J connectivity index is 1.81. The number of fused-ring (bicyclic) bond motifs is 1. The van der Waals surface area contributed by atoms with Crippen molar-refractivity contribution in [3.63, 3.8) is 0 Å². The molecule has 0 saturated carbocycles. The van der Waals surface area contributed by atoms with E-state index in [0.29, 0.717) is 6.54 Å². The van der Waals surface area contributed by atoms with Gasteiger partial charge in [-0.3, -0.25) is 4.79 Å². The third-order valence-electron chi connectivity index (χ3n) is 3.92. The highest BCUT2D eigenvalue weighted by Gasteiger charge is 2.17. The summed E-state index contributed by atoms with van der Waals surface area (Å²) in [7, 11) is 0. The van der Waals surface area contributed by atoms with E-state index in [1.165, 1.54) is 6.07 Å². The Labute approximate surface area is 144 Å². The van der Waals surface area contributed by atoms with Gasteiger partial charge in [0.15, 0.2) is 18.2 Å². The van der Waals surface area contributed by atoms with Gasteiger partial charge in [0, 0.05) is 18.0 Å². The molecule has 25 heavy (non-hydrogen) atoms. The Morgan fingerprint density at radius 2 is 1.80 bits per heavy atom. The molecular weight excluding hydrogens is 324 g/mol. The van der Waals surface area contributed by atoms with Gasteiger partial charge in [-0.25, -0.2) is 8.78 Å². The van der Waals surface area contributed by atoms with Gasteiger partial charge in [0.05, 0.1) is 5.69 Å². The van der Waals surface area contributed by atoms with Crippen LogP contribution in [-0.4, -0.2) is 19.1 Å². The quantitative estimate of drug-likeness (QED) is 0.681. The lowest BCUT2D eigenvalue weighted by Gasteiger charge is -2.23. The summed E-state index contributed by atoms with van der Waals surface area (Å²) in [4.78, 5) is 14.2. The van der Waals surface area contributed by atoms with Gasteiger partial charge in [-0.1, -0.05) is 36.4 Å². The van der Waals surface area contributed by atoms with E-state index in [0.717, 1.165) is 28.6 Å². The minimum atomic E-state index is -0.832. The molecule has 0 aliphatic rings. The van der Waals surface area contributed by atoms with E-state index in [1.807, 2.05) is 49.4 Å². The number of hydrogen-bond donors (Lipinski definition) is 0. The highest BCUT2D eigenvalue weighted by Crippen LogP contribution is 2.27. The van der Waals surface area contributed by atoms with Crippen molar-refractivity contribution in [3.05, 3.63) is 72.3 Å². The zero-order valence-electron chi connectivity index (χ0n) is 13.7. The van der Waals surface area contributed by atoms with Gasteiger partial charge in [0.1, 0.15) is 5.82 Å². The van der Waals surface area contributed by atoms with Gasteiger partial charge in [-0.05, 0) is 30.5 Å². The fourth-order valence-electron chi connectivity index (χ4n) is 2.73. The number of nitrogens with zero attached hydrogens (tertiary/aromatic N) is 1. The molecule has 0 radical (unpaired) electrons. The van der Waals surface area contributed by atoms with E-state index in [4.69, 9.17) is 4.74 Å². The Hall–Kier alpha value is -2.95. The molecule has 3 aromatic carbocycles. The van der Waals surface area contributed by atoms with Crippen LogP contribution >= 0.6 is 0 Å². The monoisotopic (exact) mass is 341 g/mol. The normalized spacial score (nSPS) is 10.7. The molecule has 0 aliphatic carbocycles. The first-order valence-corrected chi connectivity index (χ1v) is 7.96. The minimum Gasteiger partial charge on any atom is -0.481 e. The molecule has 5 heteroatoms. The van der Waals surface area contributed by atoms with Crippen LogP contribution in [-0.2, 0) is 4.79 Å². The number of halogens is 2. The van der Waals surface area contributed by atoms with Crippen LogP contribution in [0.4, 0.5) is 14.5 Å². The summed E-state index contributed by atoms with van der Waals surface area (Å²) in [6, 6.07) is 16.5. The fourth-order valence-corrected chi connectivity index (χ4v) is 2.73. The number of rotatable bonds is 5. The van der Waals surface area contributed by atoms with Gasteiger partial charge < -0.3 is 9.64 Å². The summed E-state index contributed by atoms with van der Waals surface area (Å²) < 4.78 is 31.8. The summed E-state index contributed by atoms with van der Waals surface area (Å²) in [6.07, 6.45) is 0. The molecule has 0 unspecified atom stereocenters. The number of hydrogen-bond acceptors (Lipinski definition) is 2. The Bertz CT molecular complexity index is 906. The average molecular weight is 341 g/mol. The third kappa shape index (κ3) is 3.60. The Morgan fingerprint density at radius 3 is 2.56 bits per heavy atom. The predicted molar refractivity (Wildman–Crippen MR) is 93.8 cm³/mol. The number of anilines is 1. The number of ether oxygens (including phenoxy) is 1. The molecule has 0 fully saturated rings. The second-order valence-corrected chi connectivity index (χ2v) is 5.50. The molecule has 0 aliphatic heterocycles. The smallest absolute Gasteiger partial charge is 0.264 e. The van der Waals surface area contributed by atoms with Gasteiger partial charge in [-0.15, -0.1) is 0 Å². The van der Waals surface area contributed by atoms with Crippen molar-refractivity contribution in [2.75, 3.05) is 18.1 Å². The third-order valence-corrected chi connectivity index (χ3v) is 3.92. The summed E-state index contributed by atoms with van der Waals surface area (Å²) >= 11 is 0. The number of carbonyl (C=O) groups is 1. The first kappa shape index (κ1) is 16.9. The molecule has 128 valence electrons. The van der Waals surface area contributed by atoms with E-state index in [1.54, 1.807) is 4.90 Å². The van der Waals surface area contributed by atoms with E-state index in [9.17, 15) is 13.6 Å². The molecule has 0 bridgehead atoms. The van der Waals surface area contributed by atoms with Gasteiger partial charge >= 0.3 is 0 Å². The molecular formula is C20H17F2NO2. The summed E-state index contributed by atoms with van der Waals surface area (Å²) in [5, 5.41) is 1.98. The summed E-state index contributed by atoms with van der Waals surface area (Å²) in [5.41, 5.74) is 0.772. The van der Waals surface area contributed by atoms with E-state index < -0.39 is 11.6 Å². The topological polar surface area (TPSA) is 29.5 Å². The fraction of sp³-hybridized carbons (Fsp3) is 0.150.